The van der Waals surface area contributed by atoms with E-state index in [2.05, 4.69) is 0 Å². The lowest BCUT2D eigenvalue weighted by Gasteiger charge is -2.11. The monoisotopic (exact) mass is 352 g/mol. The Morgan fingerprint density at radius 1 is 0.920 bits per heavy atom. The zero-order chi connectivity index (χ0) is 17.6. The molecular weight excluding hydrogens is 340 g/mol. The first-order valence-electron chi connectivity index (χ1n) is 7.47. The van der Waals surface area contributed by atoms with E-state index in [1.165, 1.54) is 30.3 Å². The quantitative estimate of drug-likeness (QED) is 0.520. The lowest BCUT2D eigenvalue weighted by Crippen LogP contribution is -2.07. The Balaban J connectivity index is 2.11. The van der Waals surface area contributed by atoms with Crippen molar-refractivity contribution in [3.8, 4) is 5.69 Å². The van der Waals surface area contributed by atoms with Crippen molar-refractivity contribution in [1.82, 2.24) is 4.57 Å². The SMILES string of the molecule is O=[N+]([O-])c1ccccc1C1=Cc2cccn2-c2ccccc2S1(=O)=O. The minimum absolute atomic E-state index is 0.0790. The van der Waals surface area contributed by atoms with Crippen LogP contribution in [0.25, 0.3) is 16.7 Å². The summed E-state index contributed by atoms with van der Waals surface area (Å²) in [6.45, 7) is 0. The highest BCUT2D eigenvalue weighted by Crippen LogP contribution is 2.39. The van der Waals surface area contributed by atoms with Gasteiger partial charge >= 0.3 is 0 Å². The largest absolute Gasteiger partial charge is 0.316 e. The molecule has 1 aromatic heterocycles. The van der Waals surface area contributed by atoms with E-state index in [4.69, 9.17) is 0 Å². The van der Waals surface area contributed by atoms with Gasteiger partial charge in [-0.2, -0.15) is 0 Å². The van der Waals surface area contributed by atoms with Crippen molar-refractivity contribution < 1.29 is 13.3 Å². The van der Waals surface area contributed by atoms with Gasteiger partial charge in [-0.25, -0.2) is 8.42 Å². The zero-order valence-electron chi connectivity index (χ0n) is 12.9. The minimum atomic E-state index is -3.93. The summed E-state index contributed by atoms with van der Waals surface area (Å²) < 4.78 is 28.3. The maximum atomic E-state index is 13.3. The zero-order valence-corrected chi connectivity index (χ0v) is 13.7. The van der Waals surface area contributed by atoms with E-state index in [9.17, 15) is 18.5 Å². The van der Waals surface area contributed by atoms with Crippen molar-refractivity contribution in [3.63, 3.8) is 0 Å². The smallest absolute Gasteiger partial charge is 0.277 e. The van der Waals surface area contributed by atoms with Gasteiger partial charge in [0.1, 0.15) is 0 Å². The second-order valence-electron chi connectivity index (χ2n) is 5.56. The van der Waals surface area contributed by atoms with Gasteiger partial charge in [0, 0.05) is 18.0 Å². The van der Waals surface area contributed by atoms with E-state index >= 15 is 0 Å². The lowest BCUT2D eigenvalue weighted by molar-refractivity contribution is -0.385. The number of hydrogen-bond acceptors (Lipinski definition) is 4. The Morgan fingerprint density at radius 3 is 2.44 bits per heavy atom. The van der Waals surface area contributed by atoms with E-state index in [1.54, 1.807) is 47.2 Å². The fraction of sp³-hybridized carbons (Fsp3) is 0. The van der Waals surface area contributed by atoms with Gasteiger partial charge in [0.2, 0.25) is 9.84 Å². The molecule has 0 radical (unpaired) electrons. The van der Waals surface area contributed by atoms with E-state index in [-0.39, 0.29) is 21.1 Å². The molecule has 25 heavy (non-hydrogen) atoms. The number of nitrogens with zero attached hydrogens (tertiary/aromatic N) is 2. The molecular formula is C18H12N2O4S. The number of fused-ring (bicyclic) bond motifs is 3. The molecule has 0 spiro atoms. The molecule has 7 heteroatoms. The molecule has 0 fully saturated rings. The molecule has 0 atom stereocenters. The summed E-state index contributed by atoms with van der Waals surface area (Å²) in [5.74, 6) is 0. The van der Waals surface area contributed by atoms with Crippen molar-refractivity contribution >= 4 is 26.5 Å². The van der Waals surface area contributed by atoms with Crippen LogP contribution < -0.4 is 0 Å². The lowest BCUT2D eigenvalue weighted by atomic mass is 10.1. The van der Waals surface area contributed by atoms with Gasteiger partial charge < -0.3 is 4.57 Å². The second-order valence-corrected chi connectivity index (χ2v) is 7.44. The molecule has 2 heterocycles. The van der Waals surface area contributed by atoms with Crippen molar-refractivity contribution in [2.75, 3.05) is 0 Å². The summed E-state index contributed by atoms with van der Waals surface area (Å²) in [5, 5.41) is 11.4. The molecule has 0 amide bonds. The molecule has 3 aromatic rings. The van der Waals surface area contributed by atoms with Crippen LogP contribution in [0.3, 0.4) is 0 Å². The maximum absolute atomic E-state index is 13.3. The maximum Gasteiger partial charge on any atom is 0.277 e. The molecule has 124 valence electrons. The third-order valence-corrected chi connectivity index (χ3v) is 5.97. The van der Waals surface area contributed by atoms with Crippen LogP contribution in [-0.2, 0) is 9.84 Å². The van der Waals surface area contributed by atoms with E-state index < -0.39 is 14.8 Å². The highest BCUT2D eigenvalue weighted by atomic mass is 32.2. The van der Waals surface area contributed by atoms with Gasteiger partial charge in [0.05, 0.1) is 26.0 Å². The number of benzene rings is 2. The Kier molecular flexibility index (Phi) is 3.33. The Bertz CT molecular complexity index is 1140. The van der Waals surface area contributed by atoms with E-state index in [0.29, 0.717) is 11.4 Å². The van der Waals surface area contributed by atoms with Crippen LogP contribution in [0.1, 0.15) is 11.3 Å². The minimum Gasteiger partial charge on any atom is -0.316 e. The number of rotatable bonds is 2. The molecule has 6 nitrogen and oxygen atoms in total. The molecule has 0 bridgehead atoms. The van der Waals surface area contributed by atoms with Crippen molar-refractivity contribution in [2.24, 2.45) is 0 Å². The van der Waals surface area contributed by atoms with Gasteiger partial charge in [-0.15, -0.1) is 0 Å². The molecule has 0 N–H and O–H groups in total. The molecule has 1 aliphatic heterocycles. The van der Waals surface area contributed by atoms with E-state index in [1.807, 2.05) is 0 Å². The van der Waals surface area contributed by atoms with Gasteiger partial charge in [-0.1, -0.05) is 24.3 Å². The average Bonchev–Trinajstić information content (AvgIpc) is 3.04. The third kappa shape index (κ3) is 2.28. The second kappa shape index (κ2) is 5.42. The number of nitro groups is 1. The number of para-hydroxylation sites is 2. The topological polar surface area (TPSA) is 82.2 Å². The van der Waals surface area contributed by atoms with Gasteiger partial charge in [0.15, 0.2) is 0 Å². The first-order chi connectivity index (χ1) is 12.0. The van der Waals surface area contributed by atoms with Crippen LogP contribution in [0.15, 0.2) is 71.8 Å². The Hall–Kier alpha value is -3.19. The van der Waals surface area contributed by atoms with Crippen molar-refractivity contribution in [1.29, 1.82) is 0 Å². The predicted octanol–water partition coefficient (Wildman–Crippen LogP) is 3.67. The fourth-order valence-electron chi connectivity index (χ4n) is 3.01. The summed E-state index contributed by atoms with van der Waals surface area (Å²) >= 11 is 0. The van der Waals surface area contributed by atoms with Crippen LogP contribution in [-0.4, -0.2) is 17.9 Å². The molecule has 4 rings (SSSR count). The van der Waals surface area contributed by atoms with Crippen molar-refractivity contribution in [2.45, 2.75) is 4.90 Å². The number of nitro benzene ring substituents is 1. The van der Waals surface area contributed by atoms with Crippen LogP contribution in [0, 0.1) is 10.1 Å². The molecule has 0 saturated carbocycles. The first kappa shape index (κ1) is 15.3. The fourth-order valence-corrected chi connectivity index (χ4v) is 4.68. The van der Waals surface area contributed by atoms with Crippen molar-refractivity contribution in [3.05, 3.63) is 88.2 Å². The number of sulfone groups is 1. The van der Waals surface area contributed by atoms with Gasteiger partial charge in [-0.3, -0.25) is 10.1 Å². The third-order valence-electron chi connectivity index (χ3n) is 4.13. The first-order valence-corrected chi connectivity index (χ1v) is 8.96. The highest BCUT2D eigenvalue weighted by Gasteiger charge is 2.32. The summed E-state index contributed by atoms with van der Waals surface area (Å²) in [5.41, 5.74) is 1.00. The molecule has 1 aliphatic rings. The number of hydrogen-bond donors (Lipinski definition) is 0. The molecule has 0 unspecified atom stereocenters. The van der Waals surface area contributed by atoms with Crippen LogP contribution in [0.4, 0.5) is 5.69 Å². The number of aromatic nitrogens is 1. The van der Waals surface area contributed by atoms with Crippen LogP contribution in [0.5, 0.6) is 0 Å². The molecule has 0 saturated heterocycles. The molecule has 0 aliphatic carbocycles. The Morgan fingerprint density at radius 2 is 1.64 bits per heavy atom. The standard InChI is InChI=1S/C18H12N2O4S/c21-20(22)15-8-2-1-7-14(15)18-12-13-6-5-11-19(13)16-9-3-4-10-17(16)25(18,23)24/h1-12H. The predicted molar refractivity (Wildman–Crippen MR) is 93.9 cm³/mol. The summed E-state index contributed by atoms with van der Waals surface area (Å²) in [4.78, 5) is 10.9. The average molecular weight is 352 g/mol. The van der Waals surface area contributed by atoms with Gasteiger partial charge in [-0.05, 0) is 36.4 Å². The van der Waals surface area contributed by atoms with Crippen LogP contribution >= 0.6 is 0 Å². The summed E-state index contributed by atoms with van der Waals surface area (Å²) in [7, 11) is -3.93. The van der Waals surface area contributed by atoms with E-state index in [0.717, 1.165) is 0 Å². The van der Waals surface area contributed by atoms with Crippen LogP contribution in [0.2, 0.25) is 0 Å². The molecule has 2 aromatic carbocycles. The highest BCUT2D eigenvalue weighted by molar-refractivity contribution is 8.01. The Labute approximate surface area is 143 Å². The normalized spacial score (nSPS) is 14.8. The summed E-state index contributed by atoms with van der Waals surface area (Å²) in [6, 6.07) is 16.1. The van der Waals surface area contributed by atoms with Gasteiger partial charge in [0.25, 0.3) is 5.69 Å². The summed E-state index contributed by atoms with van der Waals surface area (Å²) in [6.07, 6.45) is 3.25.